The number of aromatic nitrogens is 4. The molecule has 59 heavy (non-hydrogen) atoms. The first kappa shape index (κ1) is 41.7. The molecule has 18 nitrogen and oxygen atoms in total. The lowest BCUT2D eigenvalue weighted by atomic mass is 10.0. The van der Waals surface area contributed by atoms with Gasteiger partial charge in [0.2, 0.25) is 17.7 Å². The maximum absolute atomic E-state index is 13.9. The van der Waals surface area contributed by atoms with Crippen LogP contribution in [0.25, 0.3) is 10.9 Å². The SMILES string of the molecule is Cc1[nH]nc(Nc2ncnc3cc(OCCN4CCN(CCOCC(=O)Nc5cccc6c5CN(C5CCC(=O)NC5=O)C6=O)CC4)c(S(=O)(=O)C(C)(C)C)cc23)c1C. The lowest BCUT2D eigenvalue weighted by Gasteiger charge is -2.34. The van der Waals surface area contributed by atoms with Crippen molar-refractivity contribution in [3.8, 4) is 5.75 Å². The summed E-state index contributed by atoms with van der Waals surface area (Å²) in [6.07, 6.45) is 1.84. The van der Waals surface area contributed by atoms with Crippen LogP contribution in [-0.4, -0.2) is 137 Å². The third-order valence-corrected chi connectivity index (χ3v) is 13.6. The van der Waals surface area contributed by atoms with Crippen LogP contribution in [0.4, 0.5) is 17.3 Å². The molecule has 2 aromatic heterocycles. The molecule has 3 aliphatic heterocycles. The van der Waals surface area contributed by atoms with E-state index in [0.717, 1.165) is 37.4 Å². The van der Waals surface area contributed by atoms with Crippen LogP contribution in [0, 0.1) is 13.8 Å². The second-order valence-electron chi connectivity index (χ2n) is 16.0. The molecule has 0 saturated carbocycles. The fourth-order valence-corrected chi connectivity index (χ4v) is 8.62. The number of rotatable bonds is 14. The van der Waals surface area contributed by atoms with Crippen molar-refractivity contribution in [3.05, 3.63) is 59.0 Å². The van der Waals surface area contributed by atoms with Gasteiger partial charge in [0, 0.05) is 91.8 Å². The summed E-state index contributed by atoms with van der Waals surface area (Å²) in [6.45, 7) is 13.8. The van der Waals surface area contributed by atoms with Crippen LogP contribution in [0.1, 0.15) is 60.8 Å². The highest BCUT2D eigenvalue weighted by molar-refractivity contribution is 7.92. The topological polar surface area (TPSA) is 221 Å². The van der Waals surface area contributed by atoms with Gasteiger partial charge in [-0.3, -0.25) is 39.4 Å². The molecule has 314 valence electrons. The monoisotopic (exact) mass is 830 g/mol. The molecule has 7 rings (SSSR count). The van der Waals surface area contributed by atoms with Crippen LogP contribution in [0.5, 0.6) is 5.75 Å². The van der Waals surface area contributed by atoms with Crippen LogP contribution in [0.3, 0.4) is 0 Å². The predicted molar refractivity (Wildman–Crippen MR) is 218 cm³/mol. The second-order valence-corrected chi connectivity index (χ2v) is 18.6. The fourth-order valence-electron chi connectivity index (χ4n) is 7.30. The van der Waals surface area contributed by atoms with E-state index in [1.54, 1.807) is 51.1 Å². The number of hydrogen-bond donors (Lipinski definition) is 4. The molecule has 1 atom stereocenters. The van der Waals surface area contributed by atoms with Gasteiger partial charge in [-0.05, 0) is 59.2 Å². The number of fused-ring (bicyclic) bond motifs is 2. The molecule has 3 aliphatic rings. The van der Waals surface area contributed by atoms with Crippen LogP contribution >= 0.6 is 0 Å². The molecule has 4 N–H and O–H groups in total. The van der Waals surface area contributed by atoms with E-state index >= 15 is 0 Å². The van der Waals surface area contributed by atoms with E-state index < -0.39 is 26.5 Å². The number of ether oxygens (including phenoxy) is 2. The summed E-state index contributed by atoms with van der Waals surface area (Å²) < 4.78 is 38.6. The number of nitrogens with zero attached hydrogens (tertiary/aromatic N) is 6. The Labute approximate surface area is 342 Å². The maximum Gasteiger partial charge on any atom is 0.255 e. The summed E-state index contributed by atoms with van der Waals surface area (Å²) in [5.41, 5.74) is 3.88. The van der Waals surface area contributed by atoms with Gasteiger partial charge in [-0.1, -0.05) is 6.07 Å². The summed E-state index contributed by atoms with van der Waals surface area (Å²) >= 11 is 0. The van der Waals surface area contributed by atoms with E-state index in [4.69, 9.17) is 9.47 Å². The molecule has 0 bridgehead atoms. The van der Waals surface area contributed by atoms with Gasteiger partial charge in [0.1, 0.15) is 42.0 Å². The number of amides is 4. The van der Waals surface area contributed by atoms with E-state index in [2.05, 4.69) is 45.9 Å². The molecule has 1 unspecified atom stereocenters. The molecular formula is C40H50N10O8S. The lowest BCUT2D eigenvalue weighted by molar-refractivity contribution is -0.137. The van der Waals surface area contributed by atoms with Crippen molar-refractivity contribution < 1.29 is 37.1 Å². The van der Waals surface area contributed by atoms with Gasteiger partial charge in [-0.15, -0.1) is 0 Å². The Morgan fingerprint density at radius 3 is 2.39 bits per heavy atom. The fraction of sp³-hybridized carbons (Fsp3) is 0.475. The normalized spacial score (nSPS) is 17.9. The van der Waals surface area contributed by atoms with Gasteiger partial charge < -0.3 is 25.0 Å². The first-order valence-corrected chi connectivity index (χ1v) is 21.1. The number of piperidine rings is 1. The van der Waals surface area contributed by atoms with E-state index in [1.807, 2.05) is 13.8 Å². The molecular weight excluding hydrogens is 781 g/mol. The van der Waals surface area contributed by atoms with Gasteiger partial charge in [-0.25, -0.2) is 18.4 Å². The third-order valence-electron chi connectivity index (χ3n) is 11.1. The number of carbonyl (C=O) groups is 4. The first-order valence-electron chi connectivity index (χ1n) is 19.6. The van der Waals surface area contributed by atoms with Gasteiger partial charge in [0.15, 0.2) is 15.7 Å². The van der Waals surface area contributed by atoms with Gasteiger partial charge in [0.25, 0.3) is 5.91 Å². The number of sulfone groups is 1. The largest absolute Gasteiger partial charge is 0.491 e. The number of aryl methyl sites for hydroxylation is 1. The van der Waals surface area contributed by atoms with Crippen LogP contribution in [0.15, 0.2) is 41.6 Å². The molecule has 2 fully saturated rings. The summed E-state index contributed by atoms with van der Waals surface area (Å²) in [5.74, 6) is -0.247. The number of anilines is 3. The number of H-pyrrole nitrogens is 1. The van der Waals surface area contributed by atoms with Crippen LogP contribution < -0.4 is 20.7 Å². The summed E-state index contributed by atoms with van der Waals surface area (Å²) in [5, 5.41) is 16.1. The lowest BCUT2D eigenvalue weighted by Crippen LogP contribution is -2.52. The molecule has 2 aromatic carbocycles. The second kappa shape index (κ2) is 17.0. The number of benzene rings is 2. The number of aromatic amines is 1. The zero-order chi connectivity index (χ0) is 42.1. The maximum atomic E-state index is 13.9. The highest BCUT2D eigenvalue weighted by atomic mass is 32.2. The van der Waals surface area contributed by atoms with Crippen LogP contribution in [0.2, 0.25) is 0 Å². The van der Waals surface area contributed by atoms with E-state index in [1.165, 1.54) is 11.2 Å². The van der Waals surface area contributed by atoms with E-state index in [-0.39, 0.29) is 61.0 Å². The molecule has 0 radical (unpaired) electrons. The van der Waals surface area contributed by atoms with Crippen molar-refractivity contribution in [2.75, 3.05) is 69.7 Å². The smallest absolute Gasteiger partial charge is 0.255 e. The standard InChI is InChI=1S/C40H50N10O8S/c1-24-25(2)46-47-36(24)45-37-27-19-33(59(55,56)40(3,4)5)32(20-30(27)41-23-42-37)58-18-16-49-13-11-48(12-14-49)15-17-57-22-35(52)43-29-8-6-7-26-28(29)21-50(39(26)54)31-9-10-34(51)44-38(31)53/h6-8,19-20,23,31H,9-18,21-22H2,1-5H3,(H,43,52)(H,44,51,53)(H2,41,42,45,46,47). The van der Waals surface area contributed by atoms with Crippen molar-refractivity contribution in [2.24, 2.45) is 0 Å². The zero-order valence-electron chi connectivity index (χ0n) is 33.9. The summed E-state index contributed by atoms with van der Waals surface area (Å²) in [7, 11) is -3.82. The van der Waals surface area contributed by atoms with Crippen molar-refractivity contribution in [3.63, 3.8) is 0 Å². The quantitative estimate of drug-likeness (QED) is 0.106. The van der Waals surface area contributed by atoms with Gasteiger partial charge in [0.05, 0.1) is 16.9 Å². The molecule has 0 spiro atoms. The minimum Gasteiger partial charge on any atom is -0.491 e. The summed E-state index contributed by atoms with van der Waals surface area (Å²) in [6, 6.07) is 7.56. The van der Waals surface area contributed by atoms with Crippen molar-refractivity contribution in [2.45, 2.75) is 69.7 Å². The Morgan fingerprint density at radius 1 is 0.983 bits per heavy atom. The van der Waals surface area contributed by atoms with Crippen molar-refractivity contribution >= 4 is 61.7 Å². The molecule has 5 heterocycles. The Kier molecular flexibility index (Phi) is 12.0. The van der Waals surface area contributed by atoms with E-state index in [0.29, 0.717) is 59.0 Å². The summed E-state index contributed by atoms with van der Waals surface area (Å²) in [4.78, 5) is 64.8. The first-order chi connectivity index (χ1) is 28.1. The Hall–Kier alpha value is -5.50. The predicted octanol–water partition coefficient (Wildman–Crippen LogP) is 2.70. The van der Waals surface area contributed by atoms with Crippen molar-refractivity contribution in [1.82, 2.24) is 40.2 Å². The zero-order valence-corrected chi connectivity index (χ0v) is 34.7. The number of nitrogens with one attached hydrogen (secondary N) is 4. The number of hydrogen-bond acceptors (Lipinski definition) is 14. The molecule has 19 heteroatoms. The van der Waals surface area contributed by atoms with Crippen molar-refractivity contribution in [1.29, 1.82) is 0 Å². The molecule has 0 aliphatic carbocycles. The number of carbonyl (C=O) groups excluding carboxylic acids is 4. The highest BCUT2D eigenvalue weighted by Crippen LogP contribution is 2.37. The minimum atomic E-state index is -3.82. The third kappa shape index (κ3) is 8.92. The highest BCUT2D eigenvalue weighted by Gasteiger charge is 2.40. The number of piperazine rings is 1. The number of imide groups is 1. The average molecular weight is 831 g/mol. The minimum absolute atomic E-state index is 0.0722. The average Bonchev–Trinajstić information content (AvgIpc) is 3.70. The Bertz CT molecular complexity index is 2390. The van der Waals surface area contributed by atoms with Gasteiger partial charge in [-0.2, -0.15) is 5.10 Å². The Morgan fingerprint density at radius 2 is 1.71 bits per heavy atom. The van der Waals surface area contributed by atoms with Gasteiger partial charge >= 0.3 is 0 Å². The molecule has 2 saturated heterocycles. The molecule has 4 aromatic rings. The van der Waals surface area contributed by atoms with Crippen LogP contribution in [-0.2, 0) is 35.5 Å². The van der Waals surface area contributed by atoms with E-state index in [9.17, 15) is 27.6 Å². The molecule has 4 amide bonds. The Balaban J connectivity index is 0.876.